The molecule has 26 heavy (non-hydrogen) atoms. The monoisotopic (exact) mass is 395 g/mol. The first-order valence-electron chi connectivity index (χ1n) is 8.91. The van der Waals surface area contributed by atoms with Crippen LogP contribution in [0.15, 0.2) is 30.5 Å². The third kappa shape index (κ3) is 3.87. The molecule has 1 unspecified atom stereocenters. The summed E-state index contributed by atoms with van der Waals surface area (Å²) in [6.07, 6.45) is 5.83. The molecule has 0 radical (unpaired) electrons. The quantitative estimate of drug-likeness (QED) is 0.865. The summed E-state index contributed by atoms with van der Waals surface area (Å²) in [7, 11) is 0. The molecule has 0 aliphatic carbocycles. The molecule has 2 aliphatic rings. The zero-order chi connectivity index (χ0) is 17.2. The fraction of sp³-hybridized carbons (Fsp3) is 0.500. The van der Waals surface area contributed by atoms with Crippen molar-refractivity contribution < 1.29 is 4.79 Å². The summed E-state index contributed by atoms with van der Waals surface area (Å²) in [5, 5.41) is 12.4. The average Bonchev–Trinajstić information content (AvgIpc) is 3.32. The van der Waals surface area contributed by atoms with Crippen LogP contribution in [0.4, 0.5) is 0 Å². The van der Waals surface area contributed by atoms with Crippen LogP contribution < -0.4 is 5.32 Å². The normalized spacial score (nSPS) is 20.8. The maximum atomic E-state index is 13.0. The fourth-order valence-electron chi connectivity index (χ4n) is 3.81. The van der Waals surface area contributed by atoms with E-state index in [9.17, 15) is 4.79 Å². The zero-order valence-electron chi connectivity index (χ0n) is 14.5. The number of amides is 1. The summed E-state index contributed by atoms with van der Waals surface area (Å²) in [5.74, 6) is -0.0300. The van der Waals surface area contributed by atoms with E-state index < -0.39 is 0 Å². The first-order valence-corrected chi connectivity index (χ1v) is 9.29. The minimum absolute atomic E-state index is 0. The number of carbonyl (C=O) groups excluding carboxylic acids is 1. The van der Waals surface area contributed by atoms with E-state index in [1.807, 2.05) is 40.0 Å². The number of piperidine rings is 1. The van der Waals surface area contributed by atoms with Gasteiger partial charge in [0.25, 0.3) is 5.91 Å². The van der Waals surface area contributed by atoms with Gasteiger partial charge in [0.2, 0.25) is 0 Å². The van der Waals surface area contributed by atoms with Crippen molar-refractivity contribution in [2.45, 2.75) is 37.8 Å². The molecule has 2 saturated heterocycles. The van der Waals surface area contributed by atoms with E-state index in [1.165, 1.54) is 0 Å². The summed E-state index contributed by atoms with van der Waals surface area (Å²) in [5.41, 5.74) is 1.57. The van der Waals surface area contributed by atoms with Gasteiger partial charge in [-0.3, -0.25) is 4.79 Å². The van der Waals surface area contributed by atoms with Crippen molar-refractivity contribution in [2.75, 3.05) is 19.6 Å². The van der Waals surface area contributed by atoms with Crippen LogP contribution in [0.25, 0.3) is 0 Å². The van der Waals surface area contributed by atoms with E-state index in [1.54, 1.807) is 0 Å². The molecular formula is C18H23Cl2N5O. The van der Waals surface area contributed by atoms with Gasteiger partial charge in [-0.05, 0) is 56.5 Å². The van der Waals surface area contributed by atoms with E-state index in [4.69, 9.17) is 11.6 Å². The fourth-order valence-corrected chi connectivity index (χ4v) is 3.94. The molecule has 2 aliphatic heterocycles. The molecule has 6 nitrogen and oxygen atoms in total. The van der Waals surface area contributed by atoms with Crippen LogP contribution in [0.2, 0.25) is 5.02 Å². The first kappa shape index (κ1) is 19.1. The van der Waals surface area contributed by atoms with Gasteiger partial charge in [0.1, 0.15) is 0 Å². The molecule has 8 heteroatoms. The van der Waals surface area contributed by atoms with Gasteiger partial charge in [0.05, 0.1) is 18.3 Å². The van der Waals surface area contributed by atoms with E-state index in [2.05, 4.69) is 15.6 Å². The minimum atomic E-state index is -0.0300. The van der Waals surface area contributed by atoms with Crippen LogP contribution >= 0.6 is 24.0 Å². The number of rotatable bonds is 3. The molecule has 4 rings (SSSR count). The highest BCUT2D eigenvalue weighted by Crippen LogP contribution is 2.33. The second-order valence-corrected chi connectivity index (χ2v) is 7.21. The van der Waals surface area contributed by atoms with E-state index >= 15 is 0 Å². The topological polar surface area (TPSA) is 63.1 Å². The maximum absolute atomic E-state index is 13.0. The van der Waals surface area contributed by atoms with Gasteiger partial charge in [-0.25, -0.2) is 4.68 Å². The number of aromatic nitrogens is 3. The standard InChI is InChI=1S/C18H22ClN5O.ClH/c19-14-5-3-13(4-6-14)17-2-1-11-23(17)18(25)16-12-24(22-21-16)15-7-9-20-10-8-15;/h3-6,12,15,17,20H,1-2,7-11H2;1H. The molecule has 1 aromatic heterocycles. The summed E-state index contributed by atoms with van der Waals surface area (Å²) in [4.78, 5) is 14.9. The van der Waals surface area contributed by atoms with Gasteiger partial charge in [0.15, 0.2) is 5.69 Å². The van der Waals surface area contributed by atoms with Crippen LogP contribution in [0, 0.1) is 0 Å². The van der Waals surface area contributed by atoms with Crippen molar-refractivity contribution in [3.8, 4) is 0 Å². The predicted molar refractivity (Wildman–Crippen MR) is 103 cm³/mol. The Morgan fingerprint density at radius 1 is 1.15 bits per heavy atom. The zero-order valence-corrected chi connectivity index (χ0v) is 16.0. The molecule has 1 aromatic carbocycles. The molecule has 1 atom stereocenters. The third-order valence-electron chi connectivity index (χ3n) is 5.18. The summed E-state index contributed by atoms with van der Waals surface area (Å²) >= 11 is 5.98. The smallest absolute Gasteiger partial charge is 0.276 e. The number of halogens is 2. The second kappa shape index (κ2) is 8.37. The number of nitrogens with zero attached hydrogens (tertiary/aromatic N) is 4. The molecule has 1 N–H and O–H groups in total. The van der Waals surface area contributed by atoms with Crippen molar-refractivity contribution in [3.05, 3.63) is 46.7 Å². The lowest BCUT2D eigenvalue weighted by Gasteiger charge is -2.24. The number of benzene rings is 1. The summed E-state index contributed by atoms with van der Waals surface area (Å²) in [6.45, 7) is 2.73. The van der Waals surface area contributed by atoms with Gasteiger partial charge < -0.3 is 10.2 Å². The Kier molecular flexibility index (Phi) is 6.16. The van der Waals surface area contributed by atoms with Crippen molar-refractivity contribution >= 4 is 29.9 Å². The molecule has 0 spiro atoms. The number of hydrogen-bond acceptors (Lipinski definition) is 4. The molecule has 1 amide bonds. The van der Waals surface area contributed by atoms with Gasteiger partial charge in [0, 0.05) is 11.6 Å². The third-order valence-corrected chi connectivity index (χ3v) is 5.43. The highest BCUT2D eigenvalue weighted by molar-refractivity contribution is 6.30. The average molecular weight is 396 g/mol. The van der Waals surface area contributed by atoms with E-state index in [-0.39, 0.29) is 24.4 Å². The molecular weight excluding hydrogens is 373 g/mol. The van der Waals surface area contributed by atoms with Gasteiger partial charge >= 0.3 is 0 Å². The Morgan fingerprint density at radius 3 is 2.62 bits per heavy atom. The van der Waals surface area contributed by atoms with Crippen LogP contribution in [-0.2, 0) is 0 Å². The predicted octanol–water partition coefficient (Wildman–Crippen LogP) is 3.26. The van der Waals surface area contributed by atoms with Gasteiger partial charge in [-0.15, -0.1) is 17.5 Å². The van der Waals surface area contributed by atoms with Crippen molar-refractivity contribution in [1.82, 2.24) is 25.2 Å². The number of likely N-dealkylation sites (tertiary alicyclic amines) is 1. The summed E-state index contributed by atoms with van der Waals surface area (Å²) < 4.78 is 1.86. The van der Waals surface area contributed by atoms with Crippen LogP contribution in [0.1, 0.15) is 53.8 Å². The van der Waals surface area contributed by atoms with Crippen LogP contribution in [0.5, 0.6) is 0 Å². The minimum Gasteiger partial charge on any atom is -0.330 e. The van der Waals surface area contributed by atoms with Crippen LogP contribution in [-0.4, -0.2) is 45.4 Å². The molecule has 2 fully saturated rings. The van der Waals surface area contributed by atoms with E-state index in [0.717, 1.165) is 50.9 Å². The van der Waals surface area contributed by atoms with Crippen molar-refractivity contribution in [2.24, 2.45) is 0 Å². The summed E-state index contributed by atoms with van der Waals surface area (Å²) in [6, 6.07) is 8.19. The van der Waals surface area contributed by atoms with E-state index in [0.29, 0.717) is 16.8 Å². The second-order valence-electron chi connectivity index (χ2n) is 6.77. The molecule has 0 saturated carbocycles. The van der Waals surface area contributed by atoms with Crippen LogP contribution in [0.3, 0.4) is 0 Å². The van der Waals surface area contributed by atoms with Gasteiger partial charge in [-0.1, -0.05) is 28.9 Å². The number of nitrogens with one attached hydrogen (secondary N) is 1. The lowest BCUT2D eigenvalue weighted by Crippen LogP contribution is -2.31. The Morgan fingerprint density at radius 2 is 1.88 bits per heavy atom. The van der Waals surface area contributed by atoms with Gasteiger partial charge in [-0.2, -0.15) is 0 Å². The molecule has 140 valence electrons. The largest absolute Gasteiger partial charge is 0.330 e. The lowest BCUT2D eigenvalue weighted by atomic mass is 10.0. The first-order chi connectivity index (χ1) is 12.2. The Bertz CT molecular complexity index is 742. The van der Waals surface area contributed by atoms with Crippen molar-refractivity contribution in [1.29, 1.82) is 0 Å². The highest BCUT2D eigenvalue weighted by atomic mass is 35.5. The lowest BCUT2D eigenvalue weighted by molar-refractivity contribution is 0.0729. The molecule has 2 aromatic rings. The Labute approximate surface area is 164 Å². The maximum Gasteiger partial charge on any atom is 0.276 e. The number of carbonyl (C=O) groups is 1. The van der Waals surface area contributed by atoms with Crippen molar-refractivity contribution in [3.63, 3.8) is 0 Å². The molecule has 3 heterocycles. The highest BCUT2D eigenvalue weighted by Gasteiger charge is 2.32. The SMILES string of the molecule is Cl.O=C(c1cn(C2CCNCC2)nn1)N1CCCC1c1ccc(Cl)cc1. The Hall–Kier alpha value is -1.63. The Balaban J connectivity index is 0.00000196. The molecule has 0 bridgehead atoms. The number of hydrogen-bond donors (Lipinski definition) is 1.